The number of hydrogen-bond acceptors (Lipinski definition) is 4. The molecule has 6 heteroatoms. The van der Waals surface area contributed by atoms with Crippen LogP contribution >= 0.6 is 11.6 Å². The molecule has 140 valence electrons. The lowest BCUT2D eigenvalue weighted by Gasteiger charge is -2.19. The second-order valence-corrected chi connectivity index (χ2v) is 6.88. The number of nitrogens with zero attached hydrogens (tertiary/aromatic N) is 1. The third kappa shape index (κ3) is 4.37. The molecule has 0 N–H and O–H groups in total. The van der Waals surface area contributed by atoms with E-state index in [1.54, 1.807) is 60.4 Å². The minimum absolute atomic E-state index is 0.0669. The first-order valence-corrected chi connectivity index (χ1v) is 9.23. The zero-order chi connectivity index (χ0) is 19.4. The number of carbonyl (C=O) groups is 3. The molecular formula is C21H20ClNO4. The molecule has 5 nitrogen and oxygen atoms in total. The summed E-state index contributed by atoms with van der Waals surface area (Å²) < 4.78 is 5.46. The smallest absolute Gasteiger partial charge is 0.312 e. The van der Waals surface area contributed by atoms with Crippen molar-refractivity contribution < 1.29 is 19.1 Å². The SMILES string of the molecule is CC[C@@H](OC(=O)[C@@H]1CC(=O)N(c2ccc(Cl)cc2)C1)C(=O)c1ccccc1. The van der Waals surface area contributed by atoms with Crippen LogP contribution in [-0.4, -0.2) is 30.3 Å². The number of ketones is 1. The van der Waals surface area contributed by atoms with Gasteiger partial charge in [-0.2, -0.15) is 0 Å². The Balaban J connectivity index is 1.66. The van der Waals surface area contributed by atoms with Crippen LogP contribution in [0, 0.1) is 5.92 Å². The Labute approximate surface area is 162 Å². The lowest BCUT2D eigenvalue weighted by atomic mass is 10.0. The van der Waals surface area contributed by atoms with E-state index in [0.717, 1.165) is 0 Å². The van der Waals surface area contributed by atoms with E-state index in [9.17, 15) is 14.4 Å². The van der Waals surface area contributed by atoms with E-state index in [1.165, 1.54) is 0 Å². The number of carbonyl (C=O) groups excluding carboxylic acids is 3. The molecule has 0 unspecified atom stereocenters. The molecule has 0 aliphatic carbocycles. The van der Waals surface area contributed by atoms with E-state index >= 15 is 0 Å². The van der Waals surface area contributed by atoms with Crippen LogP contribution in [0.1, 0.15) is 30.1 Å². The maximum Gasteiger partial charge on any atom is 0.312 e. The second kappa shape index (κ2) is 8.35. The topological polar surface area (TPSA) is 63.7 Å². The molecule has 0 aromatic heterocycles. The minimum Gasteiger partial charge on any atom is -0.454 e. The molecule has 2 aromatic carbocycles. The number of esters is 1. The monoisotopic (exact) mass is 385 g/mol. The van der Waals surface area contributed by atoms with Crippen LogP contribution in [0.3, 0.4) is 0 Å². The number of anilines is 1. The van der Waals surface area contributed by atoms with Crippen LogP contribution < -0.4 is 4.90 Å². The first kappa shape index (κ1) is 19.1. The highest BCUT2D eigenvalue weighted by molar-refractivity contribution is 6.30. The molecule has 1 heterocycles. The Bertz CT molecular complexity index is 835. The Morgan fingerprint density at radius 2 is 1.81 bits per heavy atom. The van der Waals surface area contributed by atoms with E-state index in [2.05, 4.69) is 0 Å². The molecule has 1 aliphatic rings. The Hall–Kier alpha value is -2.66. The van der Waals surface area contributed by atoms with Crippen LogP contribution in [0.5, 0.6) is 0 Å². The van der Waals surface area contributed by atoms with E-state index in [1.807, 2.05) is 6.07 Å². The largest absolute Gasteiger partial charge is 0.454 e. The summed E-state index contributed by atoms with van der Waals surface area (Å²) in [6.07, 6.45) is -0.405. The summed E-state index contributed by atoms with van der Waals surface area (Å²) in [7, 11) is 0. The molecule has 27 heavy (non-hydrogen) atoms. The predicted molar refractivity (Wildman–Crippen MR) is 103 cm³/mol. The first-order valence-electron chi connectivity index (χ1n) is 8.85. The fourth-order valence-corrected chi connectivity index (χ4v) is 3.21. The van der Waals surface area contributed by atoms with Gasteiger partial charge in [0, 0.05) is 29.2 Å². The van der Waals surface area contributed by atoms with Gasteiger partial charge < -0.3 is 9.64 Å². The normalized spacial score (nSPS) is 17.6. The van der Waals surface area contributed by atoms with E-state index in [0.29, 0.717) is 22.7 Å². The van der Waals surface area contributed by atoms with Crippen molar-refractivity contribution in [1.82, 2.24) is 0 Å². The summed E-state index contributed by atoms with van der Waals surface area (Å²) in [5.74, 6) is -1.49. The number of amides is 1. The van der Waals surface area contributed by atoms with Gasteiger partial charge in [-0.25, -0.2) is 0 Å². The summed E-state index contributed by atoms with van der Waals surface area (Å²) in [4.78, 5) is 38.9. The van der Waals surface area contributed by atoms with Crippen LogP contribution in [-0.2, 0) is 14.3 Å². The van der Waals surface area contributed by atoms with Gasteiger partial charge in [0.1, 0.15) is 0 Å². The van der Waals surface area contributed by atoms with Gasteiger partial charge in [-0.15, -0.1) is 0 Å². The molecule has 1 fully saturated rings. The average molecular weight is 386 g/mol. The highest BCUT2D eigenvalue weighted by atomic mass is 35.5. The minimum atomic E-state index is -0.848. The fraction of sp³-hybridized carbons (Fsp3) is 0.286. The second-order valence-electron chi connectivity index (χ2n) is 6.45. The zero-order valence-corrected chi connectivity index (χ0v) is 15.7. The number of Topliss-reactive ketones (excluding diaryl/α,β-unsaturated/α-hetero) is 1. The standard InChI is InChI=1S/C21H20ClNO4/c1-2-18(20(25)14-6-4-3-5-7-14)27-21(26)15-12-19(24)23(13-15)17-10-8-16(22)9-11-17/h3-11,15,18H,2,12-13H2,1H3/t15-,18-/m1/s1. The molecule has 2 atom stereocenters. The average Bonchev–Trinajstić information content (AvgIpc) is 3.08. The Morgan fingerprint density at radius 1 is 1.15 bits per heavy atom. The highest BCUT2D eigenvalue weighted by Crippen LogP contribution is 2.27. The van der Waals surface area contributed by atoms with Gasteiger partial charge in [0.25, 0.3) is 0 Å². The molecule has 0 spiro atoms. The lowest BCUT2D eigenvalue weighted by Crippen LogP contribution is -2.31. The molecule has 3 rings (SSSR count). The molecular weight excluding hydrogens is 366 g/mol. The van der Waals surface area contributed by atoms with Crippen LogP contribution in [0.4, 0.5) is 5.69 Å². The van der Waals surface area contributed by atoms with Gasteiger partial charge in [-0.3, -0.25) is 14.4 Å². The van der Waals surface area contributed by atoms with E-state index in [4.69, 9.17) is 16.3 Å². The van der Waals surface area contributed by atoms with Crippen molar-refractivity contribution in [2.75, 3.05) is 11.4 Å². The summed E-state index contributed by atoms with van der Waals surface area (Å²) in [5, 5.41) is 0.576. The molecule has 2 aromatic rings. The lowest BCUT2D eigenvalue weighted by molar-refractivity contribution is -0.151. The third-order valence-electron chi connectivity index (χ3n) is 4.58. The van der Waals surface area contributed by atoms with Crippen LogP contribution in [0.25, 0.3) is 0 Å². The fourth-order valence-electron chi connectivity index (χ4n) is 3.08. The van der Waals surface area contributed by atoms with Crippen LogP contribution in [0.2, 0.25) is 5.02 Å². The van der Waals surface area contributed by atoms with Crippen molar-refractivity contribution in [2.24, 2.45) is 5.92 Å². The highest BCUT2D eigenvalue weighted by Gasteiger charge is 2.37. The number of halogens is 1. The van der Waals surface area contributed by atoms with Crippen molar-refractivity contribution in [2.45, 2.75) is 25.9 Å². The van der Waals surface area contributed by atoms with Gasteiger partial charge >= 0.3 is 5.97 Å². The summed E-state index contributed by atoms with van der Waals surface area (Å²) in [5.41, 5.74) is 1.19. The maximum atomic E-state index is 12.6. The van der Waals surface area contributed by atoms with Crippen molar-refractivity contribution in [3.05, 3.63) is 65.2 Å². The van der Waals surface area contributed by atoms with E-state index in [-0.39, 0.29) is 24.7 Å². The molecule has 1 aliphatic heterocycles. The Kier molecular flexibility index (Phi) is 5.91. The van der Waals surface area contributed by atoms with Crippen molar-refractivity contribution in [1.29, 1.82) is 0 Å². The summed E-state index contributed by atoms with van der Waals surface area (Å²) in [6, 6.07) is 15.6. The molecule has 1 saturated heterocycles. The first-order chi connectivity index (χ1) is 13.0. The zero-order valence-electron chi connectivity index (χ0n) is 14.9. The number of ether oxygens (including phenoxy) is 1. The van der Waals surface area contributed by atoms with Crippen LogP contribution in [0.15, 0.2) is 54.6 Å². The van der Waals surface area contributed by atoms with Crippen molar-refractivity contribution in [3.8, 4) is 0 Å². The molecule has 0 bridgehead atoms. The summed E-state index contributed by atoms with van der Waals surface area (Å²) in [6.45, 7) is 2.02. The Morgan fingerprint density at radius 3 is 2.44 bits per heavy atom. The van der Waals surface area contributed by atoms with E-state index < -0.39 is 18.0 Å². The number of rotatable bonds is 6. The van der Waals surface area contributed by atoms with Gasteiger partial charge in [-0.1, -0.05) is 48.9 Å². The molecule has 0 radical (unpaired) electrons. The predicted octanol–water partition coefficient (Wildman–Crippen LogP) is 3.90. The molecule has 1 amide bonds. The van der Waals surface area contributed by atoms with Gasteiger partial charge in [0.15, 0.2) is 6.10 Å². The number of benzene rings is 2. The third-order valence-corrected chi connectivity index (χ3v) is 4.83. The summed E-state index contributed by atoms with van der Waals surface area (Å²) >= 11 is 5.88. The van der Waals surface area contributed by atoms with Crippen molar-refractivity contribution >= 4 is 34.9 Å². The van der Waals surface area contributed by atoms with Gasteiger partial charge in [-0.05, 0) is 30.7 Å². The number of hydrogen-bond donors (Lipinski definition) is 0. The maximum absolute atomic E-state index is 12.6. The van der Waals surface area contributed by atoms with Crippen molar-refractivity contribution in [3.63, 3.8) is 0 Å². The van der Waals surface area contributed by atoms with Gasteiger partial charge in [0.05, 0.1) is 5.92 Å². The van der Waals surface area contributed by atoms with Gasteiger partial charge in [0.2, 0.25) is 11.7 Å². The quantitative estimate of drug-likeness (QED) is 0.559. The molecule has 0 saturated carbocycles.